The Labute approximate surface area is 125 Å². The molecule has 1 atom stereocenters. The molecule has 2 rings (SSSR count). The second kappa shape index (κ2) is 7.24. The zero-order valence-electron chi connectivity index (χ0n) is 12.7. The molecule has 5 nitrogen and oxygen atoms in total. The first-order valence-corrected chi connectivity index (χ1v) is 7.31. The molecule has 1 amide bonds. The molecular weight excluding hydrogens is 264 g/mol. The van der Waals surface area contributed by atoms with Gasteiger partial charge in [-0.25, -0.2) is 0 Å². The predicted octanol–water partition coefficient (Wildman–Crippen LogP) is 1.11. The molecule has 2 aromatic rings. The largest absolute Gasteiger partial charge is 0.361 e. The van der Waals surface area contributed by atoms with Gasteiger partial charge >= 0.3 is 0 Å². The molecule has 0 spiro atoms. The Hall–Kier alpha value is -1.85. The molecule has 0 aliphatic rings. The predicted molar refractivity (Wildman–Crippen MR) is 86.2 cm³/mol. The van der Waals surface area contributed by atoms with E-state index in [0.29, 0.717) is 13.0 Å². The number of nitrogens with two attached hydrogens (primary N) is 1. The van der Waals surface area contributed by atoms with Crippen molar-refractivity contribution in [3.8, 4) is 0 Å². The van der Waals surface area contributed by atoms with Crippen LogP contribution in [0.3, 0.4) is 0 Å². The van der Waals surface area contributed by atoms with Crippen molar-refractivity contribution in [3.63, 3.8) is 0 Å². The molecule has 0 bridgehead atoms. The second-order valence-electron chi connectivity index (χ2n) is 5.62. The Balaban J connectivity index is 1.86. The van der Waals surface area contributed by atoms with E-state index >= 15 is 0 Å². The molecule has 0 aliphatic heterocycles. The monoisotopic (exact) mass is 288 g/mol. The normalized spacial score (nSPS) is 12.8. The van der Waals surface area contributed by atoms with Crippen LogP contribution in [0.4, 0.5) is 0 Å². The van der Waals surface area contributed by atoms with E-state index < -0.39 is 6.04 Å². The molecule has 0 fully saturated rings. The van der Waals surface area contributed by atoms with Gasteiger partial charge in [0.05, 0.1) is 6.04 Å². The van der Waals surface area contributed by atoms with Gasteiger partial charge in [0.25, 0.3) is 0 Å². The van der Waals surface area contributed by atoms with E-state index in [-0.39, 0.29) is 5.91 Å². The highest BCUT2D eigenvalue weighted by Crippen LogP contribution is 2.18. The Morgan fingerprint density at radius 3 is 2.90 bits per heavy atom. The minimum Gasteiger partial charge on any atom is -0.361 e. The van der Waals surface area contributed by atoms with Crippen LogP contribution in [0.2, 0.25) is 0 Å². The molecule has 0 saturated heterocycles. The summed E-state index contributed by atoms with van der Waals surface area (Å²) in [6, 6.07) is 7.53. The number of hydrogen-bond acceptors (Lipinski definition) is 3. The summed E-state index contributed by atoms with van der Waals surface area (Å²) in [6.45, 7) is 1.62. The number of nitrogens with zero attached hydrogens (tertiary/aromatic N) is 1. The van der Waals surface area contributed by atoms with E-state index in [2.05, 4.69) is 15.2 Å². The van der Waals surface area contributed by atoms with Crippen molar-refractivity contribution in [1.29, 1.82) is 0 Å². The average molecular weight is 288 g/mol. The molecule has 1 heterocycles. The maximum atomic E-state index is 12.0. The van der Waals surface area contributed by atoms with E-state index in [0.717, 1.165) is 29.4 Å². The fourth-order valence-electron chi connectivity index (χ4n) is 2.37. The highest BCUT2D eigenvalue weighted by atomic mass is 16.2. The Morgan fingerprint density at radius 1 is 1.38 bits per heavy atom. The van der Waals surface area contributed by atoms with Crippen LogP contribution < -0.4 is 11.1 Å². The Morgan fingerprint density at radius 2 is 2.14 bits per heavy atom. The molecule has 21 heavy (non-hydrogen) atoms. The fourth-order valence-corrected chi connectivity index (χ4v) is 2.37. The van der Waals surface area contributed by atoms with E-state index in [4.69, 9.17) is 5.73 Å². The molecule has 0 aliphatic carbocycles. The number of H-pyrrole nitrogens is 1. The number of amides is 1. The number of hydrogen-bond donors (Lipinski definition) is 3. The number of aromatic amines is 1. The van der Waals surface area contributed by atoms with Crippen LogP contribution in [-0.4, -0.2) is 49.0 Å². The van der Waals surface area contributed by atoms with E-state index in [1.165, 1.54) is 0 Å². The summed E-state index contributed by atoms with van der Waals surface area (Å²) in [4.78, 5) is 17.3. The van der Waals surface area contributed by atoms with Crippen molar-refractivity contribution in [1.82, 2.24) is 15.2 Å². The molecule has 1 aromatic heterocycles. The molecule has 5 heteroatoms. The number of fused-ring (bicyclic) bond motifs is 1. The number of rotatable bonds is 7. The van der Waals surface area contributed by atoms with Gasteiger partial charge in [-0.05, 0) is 45.1 Å². The first kappa shape index (κ1) is 15.5. The van der Waals surface area contributed by atoms with E-state index in [9.17, 15) is 4.79 Å². The quantitative estimate of drug-likeness (QED) is 0.668. The van der Waals surface area contributed by atoms with Crippen molar-refractivity contribution >= 4 is 16.8 Å². The number of aromatic nitrogens is 1. The van der Waals surface area contributed by atoms with Gasteiger partial charge in [-0.3, -0.25) is 4.79 Å². The summed E-state index contributed by atoms with van der Waals surface area (Å²) >= 11 is 0. The number of benzene rings is 1. The van der Waals surface area contributed by atoms with Crippen LogP contribution in [0.5, 0.6) is 0 Å². The zero-order valence-corrected chi connectivity index (χ0v) is 12.7. The molecule has 1 aromatic carbocycles. The van der Waals surface area contributed by atoms with Gasteiger partial charge < -0.3 is 20.9 Å². The smallest absolute Gasteiger partial charge is 0.237 e. The second-order valence-corrected chi connectivity index (χ2v) is 5.62. The molecular formula is C16H24N4O. The molecule has 4 N–H and O–H groups in total. The lowest BCUT2D eigenvalue weighted by Crippen LogP contribution is -2.42. The van der Waals surface area contributed by atoms with Crippen molar-refractivity contribution in [2.75, 3.05) is 27.2 Å². The van der Waals surface area contributed by atoms with Gasteiger partial charge in [0, 0.05) is 23.6 Å². The standard InChI is InChI=1S/C16H24N4O/c1-20(2)9-5-8-18-16(21)14(17)10-12-11-19-15-7-4-3-6-13(12)15/h3-4,6-7,11,14,19H,5,8-10,17H2,1-2H3,(H,18,21)/t14-/m0/s1. The number of nitrogens with one attached hydrogen (secondary N) is 2. The van der Waals surface area contributed by atoms with Crippen LogP contribution in [-0.2, 0) is 11.2 Å². The van der Waals surface area contributed by atoms with Gasteiger partial charge in [0.15, 0.2) is 0 Å². The zero-order chi connectivity index (χ0) is 15.2. The maximum absolute atomic E-state index is 12.0. The number of carbonyl (C=O) groups excluding carboxylic acids is 1. The number of carbonyl (C=O) groups is 1. The number of para-hydroxylation sites is 1. The summed E-state index contributed by atoms with van der Waals surface area (Å²) in [5.41, 5.74) is 8.16. The third-order valence-corrected chi connectivity index (χ3v) is 3.53. The molecule has 0 radical (unpaired) electrons. The van der Waals surface area contributed by atoms with E-state index in [1.807, 2.05) is 44.6 Å². The lowest BCUT2D eigenvalue weighted by atomic mass is 10.1. The summed E-state index contributed by atoms with van der Waals surface area (Å²) in [6.07, 6.45) is 3.41. The van der Waals surface area contributed by atoms with Crippen LogP contribution in [0, 0.1) is 0 Å². The topological polar surface area (TPSA) is 74.2 Å². The van der Waals surface area contributed by atoms with Crippen molar-refractivity contribution in [2.45, 2.75) is 18.9 Å². The maximum Gasteiger partial charge on any atom is 0.237 e. The molecule has 114 valence electrons. The van der Waals surface area contributed by atoms with Gasteiger partial charge in [0.1, 0.15) is 0 Å². The van der Waals surface area contributed by atoms with Crippen LogP contribution in [0.15, 0.2) is 30.5 Å². The van der Waals surface area contributed by atoms with Gasteiger partial charge in [-0.1, -0.05) is 18.2 Å². The highest BCUT2D eigenvalue weighted by molar-refractivity contribution is 5.86. The van der Waals surface area contributed by atoms with Gasteiger partial charge in [-0.2, -0.15) is 0 Å². The SMILES string of the molecule is CN(C)CCCNC(=O)[C@@H](N)Cc1c[nH]c2ccccc12. The van der Waals surface area contributed by atoms with Crippen LogP contribution in [0.1, 0.15) is 12.0 Å². The van der Waals surface area contributed by atoms with Crippen molar-refractivity contribution < 1.29 is 4.79 Å². The molecule has 0 unspecified atom stereocenters. The molecule has 0 saturated carbocycles. The lowest BCUT2D eigenvalue weighted by molar-refractivity contribution is -0.122. The van der Waals surface area contributed by atoms with Crippen molar-refractivity contribution in [3.05, 3.63) is 36.0 Å². The highest BCUT2D eigenvalue weighted by Gasteiger charge is 2.15. The third kappa shape index (κ3) is 4.31. The average Bonchev–Trinajstić information content (AvgIpc) is 2.86. The van der Waals surface area contributed by atoms with Crippen molar-refractivity contribution in [2.24, 2.45) is 5.73 Å². The first-order valence-electron chi connectivity index (χ1n) is 7.31. The van der Waals surface area contributed by atoms with E-state index in [1.54, 1.807) is 0 Å². The Bertz CT molecular complexity index is 591. The minimum atomic E-state index is -0.511. The first-order chi connectivity index (χ1) is 10.1. The summed E-state index contributed by atoms with van der Waals surface area (Å²) in [7, 11) is 4.04. The summed E-state index contributed by atoms with van der Waals surface area (Å²) < 4.78 is 0. The minimum absolute atomic E-state index is 0.0842. The van der Waals surface area contributed by atoms with Gasteiger partial charge in [-0.15, -0.1) is 0 Å². The van der Waals surface area contributed by atoms with Crippen LogP contribution in [0.25, 0.3) is 10.9 Å². The Kier molecular flexibility index (Phi) is 5.36. The summed E-state index contributed by atoms with van der Waals surface area (Å²) in [5, 5.41) is 4.03. The summed E-state index contributed by atoms with van der Waals surface area (Å²) in [5.74, 6) is -0.0842. The van der Waals surface area contributed by atoms with Crippen LogP contribution >= 0.6 is 0 Å². The van der Waals surface area contributed by atoms with Gasteiger partial charge in [0.2, 0.25) is 5.91 Å². The lowest BCUT2D eigenvalue weighted by Gasteiger charge is -2.13. The fraction of sp³-hybridized carbons (Fsp3) is 0.438. The third-order valence-electron chi connectivity index (χ3n) is 3.53.